The number of pyridine rings is 1. The molecule has 82 valence electrons. The Hall–Kier alpha value is -1.49. The van der Waals surface area contributed by atoms with Gasteiger partial charge in [0.15, 0.2) is 0 Å². The van der Waals surface area contributed by atoms with Gasteiger partial charge in [0.25, 0.3) is 0 Å². The second kappa shape index (κ2) is 5.41. The molecule has 0 spiro atoms. The van der Waals surface area contributed by atoms with E-state index in [1.807, 2.05) is 18.0 Å². The molecule has 1 heterocycles. The molecule has 5 nitrogen and oxygen atoms in total. The Morgan fingerprint density at radius 3 is 2.93 bits per heavy atom. The van der Waals surface area contributed by atoms with Crippen molar-refractivity contribution in [3.63, 3.8) is 0 Å². The van der Waals surface area contributed by atoms with Gasteiger partial charge in [0.1, 0.15) is 11.7 Å². The van der Waals surface area contributed by atoms with Gasteiger partial charge in [-0.1, -0.05) is 16.8 Å². The second-order valence-corrected chi connectivity index (χ2v) is 3.53. The lowest BCUT2D eigenvalue weighted by atomic mass is 10.3. The van der Waals surface area contributed by atoms with Crippen molar-refractivity contribution in [2.24, 2.45) is 10.9 Å². The van der Waals surface area contributed by atoms with Gasteiger partial charge in [0, 0.05) is 26.2 Å². The molecule has 3 N–H and O–H groups in total. The molecule has 0 unspecified atom stereocenters. The highest BCUT2D eigenvalue weighted by atomic mass is 35.5. The maximum atomic E-state index is 8.37. The minimum atomic E-state index is 0.204. The van der Waals surface area contributed by atoms with Gasteiger partial charge < -0.3 is 15.8 Å². The number of anilines is 1. The lowest BCUT2D eigenvalue weighted by molar-refractivity contribution is 0.317. The first-order valence-corrected chi connectivity index (χ1v) is 4.80. The van der Waals surface area contributed by atoms with Crippen LogP contribution in [0.4, 0.5) is 5.82 Å². The molecule has 0 saturated carbocycles. The SMILES string of the molecule is CN(CC/C(N)=N/O)c1ccc(Cl)cn1. The van der Waals surface area contributed by atoms with Crippen LogP contribution in [-0.4, -0.2) is 29.6 Å². The van der Waals surface area contributed by atoms with E-state index in [0.29, 0.717) is 18.0 Å². The average Bonchev–Trinajstić information content (AvgIpc) is 2.26. The quantitative estimate of drug-likeness (QED) is 0.353. The van der Waals surface area contributed by atoms with E-state index in [2.05, 4.69) is 10.1 Å². The van der Waals surface area contributed by atoms with Crippen molar-refractivity contribution < 1.29 is 5.21 Å². The van der Waals surface area contributed by atoms with Gasteiger partial charge in [0.2, 0.25) is 0 Å². The van der Waals surface area contributed by atoms with Crippen LogP contribution in [0, 0.1) is 0 Å². The molecule has 1 rings (SSSR count). The molecular weight excluding hydrogens is 216 g/mol. The Morgan fingerprint density at radius 1 is 1.67 bits per heavy atom. The third-order valence-corrected chi connectivity index (χ3v) is 2.16. The van der Waals surface area contributed by atoms with Crippen molar-refractivity contribution in [3.8, 4) is 0 Å². The smallest absolute Gasteiger partial charge is 0.140 e. The van der Waals surface area contributed by atoms with Gasteiger partial charge >= 0.3 is 0 Å². The zero-order chi connectivity index (χ0) is 11.3. The average molecular weight is 229 g/mol. The number of hydrogen-bond donors (Lipinski definition) is 2. The number of halogens is 1. The molecule has 1 aromatic rings. The van der Waals surface area contributed by atoms with Crippen LogP contribution in [0.5, 0.6) is 0 Å². The molecule has 0 bridgehead atoms. The molecule has 0 aliphatic rings. The molecule has 0 aliphatic heterocycles. The maximum absolute atomic E-state index is 8.37. The summed E-state index contributed by atoms with van der Waals surface area (Å²) < 4.78 is 0. The summed E-state index contributed by atoms with van der Waals surface area (Å²) in [5.74, 6) is 1.00. The molecule has 1 aromatic heterocycles. The standard InChI is InChI=1S/C9H13ClN4O/c1-14(5-4-8(11)13-15)9-3-2-7(10)6-12-9/h2-3,6,15H,4-5H2,1H3,(H2,11,13). The van der Waals surface area contributed by atoms with Crippen LogP contribution in [0.25, 0.3) is 0 Å². The summed E-state index contributed by atoms with van der Waals surface area (Å²) in [6.07, 6.45) is 2.06. The lowest BCUT2D eigenvalue weighted by Crippen LogP contribution is -2.24. The van der Waals surface area contributed by atoms with Crippen LogP contribution in [0.3, 0.4) is 0 Å². The Morgan fingerprint density at radius 2 is 2.40 bits per heavy atom. The number of amidine groups is 1. The van der Waals surface area contributed by atoms with Crippen LogP contribution < -0.4 is 10.6 Å². The summed E-state index contributed by atoms with van der Waals surface area (Å²) in [5, 5.41) is 11.9. The summed E-state index contributed by atoms with van der Waals surface area (Å²) in [6, 6.07) is 3.58. The van der Waals surface area contributed by atoms with Crippen LogP contribution >= 0.6 is 11.6 Å². The Bertz CT molecular complexity index is 338. The van der Waals surface area contributed by atoms with Gasteiger partial charge in [-0.25, -0.2) is 4.98 Å². The normalized spacial score (nSPS) is 11.5. The minimum absolute atomic E-state index is 0.204. The van der Waals surface area contributed by atoms with Gasteiger partial charge in [-0.15, -0.1) is 0 Å². The van der Waals surface area contributed by atoms with Crippen LogP contribution in [0.1, 0.15) is 6.42 Å². The van der Waals surface area contributed by atoms with E-state index >= 15 is 0 Å². The van der Waals surface area contributed by atoms with Crippen molar-refractivity contribution in [1.29, 1.82) is 0 Å². The molecule has 0 fully saturated rings. The first kappa shape index (κ1) is 11.6. The predicted molar refractivity (Wildman–Crippen MR) is 60.5 cm³/mol. The largest absolute Gasteiger partial charge is 0.409 e. The molecule has 0 atom stereocenters. The predicted octanol–water partition coefficient (Wildman–Crippen LogP) is 1.31. The number of nitrogens with two attached hydrogens (primary N) is 1. The zero-order valence-corrected chi connectivity index (χ0v) is 9.15. The Kier molecular flexibility index (Phi) is 4.17. The van der Waals surface area contributed by atoms with E-state index in [0.717, 1.165) is 5.82 Å². The van der Waals surface area contributed by atoms with Crippen molar-refractivity contribution >= 4 is 23.3 Å². The van der Waals surface area contributed by atoms with E-state index in [-0.39, 0.29) is 5.84 Å². The van der Waals surface area contributed by atoms with E-state index in [1.54, 1.807) is 12.3 Å². The topological polar surface area (TPSA) is 74.7 Å². The first-order chi connectivity index (χ1) is 7.13. The van der Waals surface area contributed by atoms with E-state index < -0.39 is 0 Å². The highest BCUT2D eigenvalue weighted by molar-refractivity contribution is 6.30. The third-order valence-electron chi connectivity index (χ3n) is 1.93. The summed E-state index contributed by atoms with van der Waals surface area (Å²) in [6.45, 7) is 0.629. The molecule has 0 radical (unpaired) electrons. The van der Waals surface area contributed by atoms with E-state index in [1.165, 1.54) is 0 Å². The highest BCUT2D eigenvalue weighted by Gasteiger charge is 2.03. The fourth-order valence-corrected chi connectivity index (χ4v) is 1.15. The zero-order valence-electron chi connectivity index (χ0n) is 8.39. The van der Waals surface area contributed by atoms with E-state index in [9.17, 15) is 0 Å². The van der Waals surface area contributed by atoms with Crippen LogP contribution in [0.15, 0.2) is 23.5 Å². The van der Waals surface area contributed by atoms with Gasteiger partial charge in [-0.2, -0.15) is 0 Å². The number of rotatable bonds is 4. The van der Waals surface area contributed by atoms with Crippen LogP contribution in [-0.2, 0) is 0 Å². The summed E-state index contributed by atoms with van der Waals surface area (Å²) >= 11 is 5.71. The first-order valence-electron chi connectivity index (χ1n) is 4.42. The lowest BCUT2D eigenvalue weighted by Gasteiger charge is -2.17. The number of oxime groups is 1. The molecule has 0 amide bonds. The number of aromatic nitrogens is 1. The monoisotopic (exact) mass is 228 g/mol. The van der Waals surface area contributed by atoms with Crippen molar-refractivity contribution in [3.05, 3.63) is 23.4 Å². The molecule has 0 aromatic carbocycles. The Balaban J connectivity index is 2.53. The fourth-order valence-electron chi connectivity index (χ4n) is 1.04. The molecule has 15 heavy (non-hydrogen) atoms. The molecule has 0 saturated heterocycles. The van der Waals surface area contributed by atoms with Crippen LogP contribution in [0.2, 0.25) is 5.02 Å². The van der Waals surface area contributed by atoms with Gasteiger partial charge in [-0.3, -0.25) is 0 Å². The van der Waals surface area contributed by atoms with Crippen molar-refractivity contribution in [2.45, 2.75) is 6.42 Å². The second-order valence-electron chi connectivity index (χ2n) is 3.10. The van der Waals surface area contributed by atoms with Crippen molar-refractivity contribution in [1.82, 2.24) is 4.98 Å². The van der Waals surface area contributed by atoms with Crippen molar-refractivity contribution in [2.75, 3.05) is 18.5 Å². The minimum Gasteiger partial charge on any atom is -0.409 e. The maximum Gasteiger partial charge on any atom is 0.140 e. The fraction of sp³-hybridized carbons (Fsp3) is 0.333. The molecule has 6 heteroatoms. The number of nitrogens with zero attached hydrogens (tertiary/aromatic N) is 3. The molecular formula is C9H13ClN4O. The summed E-state index contributed by atoms with van der Waals surface area (Å²) in [5.41, 5.74) is 5.36. The Labute approximate surface area is 93.2 Å². The molecule has 0 aliphatic carbocycles. The van der Waals surface area contributed by atoms with E-state index in [4.69, 9.17) is 22.5 Å². The third kappa shape index (κ3) is 3.63. The number of hydrogen-bond acceptors (Lipinski definition) is 4. The van der Waals surface area contributed by atoms with Gasteiger partial charge in [0.05, 0.1) is 5.02 Å². The van der Waals surface area contributed by atoms with Gasteiger partial charge in [-0.05, 0) is 12.1 Å². The highest BCUT2D eigenvalue weighted by Crippen LogP contribution is 2.12. The summed E-state index contributed by atoms with van der Waals surface area (Å²) in [4.78, 5) is 6.03. The summed E-state index contributed by atoms with van der Waals surface area (Å²) in [7, 11) is 1.88.